The third-order valence-electron chi connectivity index (χ3n) is 6.17. The molecule has 0 aliphatic carbocycles. The number of benzene rings is 3. The lowest BCUT2D eigenvalue weighted by Gasteiger charge is -2.34. The predicted octanol–water partition coefficient (Wildman–Crippen LogP) is 4.87. The Bertz CT molecular complexity index is 1110. The van der Waals surface area contributed by atoms with Crippen LogP contribution in [0.25, 0.3) is 0 Å². The summed E-state index contributed by atoms with van der Waals surface area (Å²) in [5.74, 6) is -0.160. The minimum absolute atomic E-state index is 0.00543. The van der Waals surface area contributed by atoms with E-state index in [0.717, 1.165) is 16.4 Å². The molecule has 0 amide bonds. The molecule has 0 aliphatic heterocycles. The molecule has 6 heteroatoms. The monoisotopic (exact) mass is 518 g/mol. The molecule has 0 fully saturated rings. The van der Waals surface area contributed by atoms with Crippen molar-refractivity contribution in [3.63, 3.8) is 0 Å². The number of carbonyl (C=O) groups is 2. The number of esters is 1. The molecule has 37 heavy (non-hydrogen) atoms. The van der Waals surface area contributed by atoms with Gasteiger partial charge in [-0.3, -0.25) is 4.79 Å². The van der Waals surface area contributed by atoms with Crippen molar-refractivity contribution >= 4 is 30.4 Å². The summed E-state index contributed by atoms with van der Waals surface area (Å²) >= 11 is 0. The highest BCUT2D eigenvalue weighted by atomic mass is 28.4. The maximum Gasteiger partial charge on any atom is 0.338 e. The van der Waals surface area contributed by atoms with Crippen molar-refractivity contribution in [3.8, 4) is 0 Å². The van der Waals surface area contributed by atoms with Crippen LogP contribution in [0.5, 0.6) is 0 Å². The van der Waals surface area contributed by atoms with E-state index in [1.807, 2.05) is 57.2 Å². The summed E-state index contributed by atoms with van der Waals surface area (Å²) < 4.78 is 12.0. The Morgan fingerprint density at radius 1 is 0.784 bits per heavy atom. The average molecular weight is 519 g/mol. The largest absolute Gasteiger partial charge is 0.459 e. The van der Waals surface area contributed by atoms with Gasteiger partial charge in [0.15, 0.2) is 5.78 Å². The quantitative estimate of drug-likeness (QED) is 0.223. The number of aliphatic hydroxyl groups excluding tert-OH is 1. The molecule has 3 rings (SSSR count). The number of ketones is 1. The molecule has 0 saturated carbocycles. The number of Topliss-reactive ketones (excluding diaryl/α,β-unsaturated/α-hetero) is 1. The summed E-state index contributed by atoms with van der Waals surface area (Å²) in [5.41, 5.74) is 0.376. The van der Waals surface area contributed by atoms with Gasteiger partial charge in [-0.15, -0.1) is 0 Å². The average Bonchev–Trinajstić information content (AvgIpc) is 2.89. The van der Waals surface area contributed by atoms with Gasteiger partial charge in [-0.2, -0.15) is 0 Å². The van der Waals surface area contributed by atoms with Crippen molar-refractivity contribution in [2.24, 2.45) is 11.3 Å². The molecule has 196 valence electrons. The first kappa shape index (κ1) is 28.5. The fraction of sp³-hybridized carbons (Fsp3) is 0.355. The van der Waals surface area contributed by atoms with Crippen molar-refractivity contribution in [2.75, 3.05) is 13.2 Å². The zero-order valence-corrected chi connectivity index (χ0v) is 23.4. The normalized spacial score (nSPS) is 12.8. The standard InChI is InChI=1S/C31H38O5Si/c1-23(2)22-37(27-12-8-6-9-13-27,28-14-10-7-11-15-28)36-21-26(32)20-35-30(34)25-18-16-24(17-19-25)29(33)31(3,4)5/h6-19,23,26,32H,20-22H2,1-5H3. The van der Waals surface area contributed by atoms with E-state index in [9.17, 15) is 14.7 Å². The molecule has 3 aromatic carbocycles. The summed E-state index contributed by atoms with van der Waals surface area (Å²) in [7, 11) is -2.66. The van der Waals surface area contributed by atoms with Gasteiger partial charge in [-0.25, -0.2) is 4.79 Å². The predicted molar refractivity (Wildman–Crippen MR) is 150 cm³/mol. The highest BCUT2D eigenvalue weighted by Gasteiger charge is 2.40. The molecule has 1 unspecified atom stereocenters. The van der Waals surface area contributed by atoms with Crippen molar-refractivity contribution in [3.05, 3.63) is 96.1 Å². The molecule has 0 radical (unpaired) electrons. The Morgan fingerprint density at radius 2 is 1.27 bits per heavy atom. The number of aliphatic hydroxyl groups is 1. The lowest BCUT2D eigenvalue weighted by atomic mass is 9.86. The van der Waals surface area contributed by atoms with Gasteiger partial charge in [0.25, 0.3) is 8.32 Å². The number of carbonyl (C=O) groups excluding carboxylic acids is 2. The van der Waals surface area contributed by atoms with Gasteiger partial charge in [0.2, 0.25) is 0 Å². The summed E-state index contributed by atoms with van der Waals surface area (Å²) in [6, 6.07) is 27.7. The third-order valence-corrected chi connectivity index (χ3v) is 10.8. The lowest BCUT2D eigenvalue weighted by Crippen LogP contribution is -2.62. The topological polar surface area (TPSA) is 72.8 Å². The van der Waals surface area contributed by atoms with Crippen LogP contribution in [0, 0.1) is 11.3 Å². The van der Waals surface area contributed by atoms with Gasteiger partial charge in [-0.05, 0) is 34.5 Å². The second-order valence-electron chi connectivity index (χ2n) is 10.9. The van der Waals surface area contributed by atoms with E-state index < -0.39 is 25.8 Å². The van der Waals surface area contributed by atoms with E-state index in [1.54, 1.807) is 24.3 Å². The number of hydrogen-bond acceptors (Lipinski definition) is 5. The van der Waals surface area contributed by atoms with Gasteiger partial charge >= 0.3 is 5.97 Å². The number of hydrogen-bond donors (Lipinski definition) is 1. The first-order valence-corrected chi connectivity index (χ1v) is 14.9. The zero-order valence-electron chi connectivity index (χ0n) is 22.4. The summed E-state index contributed by atoms with van der Waals surface area (Å²) in [4.78, 5) is 25.0. The van der Waals surface area contributed by atoms with E-state index in [2.05, 4.69) is 38.1 Å². The smallest absolute Gasteiger partial charge is 0.338 e. The van der Waals surface area contributed by atoms with Crippen LogP contribution >= 0.6 is 0 Å². The van der Waals surface area contributed by atoms with Crippen LogP contribution in [-0.2, 0) is 9.16 Å². The minimum atomic E-state index is -2.66. The van der Waals surface area contributed by atoms with Gasteiger partial charge in [0, 0.05) is 11.0 Å². The Kier molecular flexibility index (Phi) is 9.60. The van der Waals surface area contributed by atoms with Crippen LogP contribution in [0.2, 0.25) is 6.04 Å². The summed E-state index contributed by atoms with van der Waals surface area (Å²) in [6.45, 7) is 9.79. The van der Waals surface area contributed by atoms with Crippen molar-refractivity contribution in [2.45, 2.75) is 46.8 Å². The summed E-state index contributed by atoms with van der Waals surface area (Å²) in [6.07, 6.45) is -0.975. The van der Waals surface area contributed by atoms with Crippen LogP contribution in [0.4, 0.5) is 0 Å². The lowest BCUT2D eigenvalue weighted by molar-refractivity contribution is 0.0122. The molecule has 0 spiro atoms. The first-order valence-electron chi connectivity index (χ1n) is 12.8. The van der Waals surface area contributed by atoms with Crippen LogP contribution in [0.3, 0.4) is 0 Å². The fourth-order valence-corrected chi connectivity index (χ4v) is 8.69. The van der Waals surface area contributed by atoms with Crippen LogP contribution < -0.4 is 10.4 Å². The molecule has 5 nitrogen and oxygen atoms in total. The molecule has 3 aromatic rings. The molecule has 1 atom stereocenters. The zero-order chi connectivity index (χ0) is 27.1. The maximum absolute atomic E-state index is 12.6. The van der Waals surface area contributed by atoms with Crippen LogP contribution in [0.15, 0.2) is 84.9 Å². The number of rotatable bonds is 11. The molecule has 1 N–H and O–H groups in total. The summed E-state index contributed by atoms with van der Waals surface area (Å²) in [5, 5.41) is 13.0. The molecular formula is C31H38O5Si. The molecule has 0 aromatic heterocycles. The Hall–Kier alpha value is -3.06. The third kappa shape index (κ3) is 7.48. The van der Waals surface area contributed by atoms with E-state index in [-0.39, 0.29) is 19.0 Å². The SMILES string of the molecule is CC(C)C[Si](OCC(O)COC(=O)c1ccc(C(=O)C(C)(C)C)cc1)(c1ccccc1)c1ccccc1. The van der Waals surface area contributed by atoms with Crippen molar-refractivity contribution < 1.29 is 23.9 Å². The second kappa shape index (κ2) is 12.5. The van der Waals surface area contributed by atoms with Gasteiger partial charge < -0.3 is 14.3 Å². The van der Waals surface area contributed by atoms with Crippen molar-refractivity contribution in [1.29, 1.82) is 0 Å². The molecule has 0 saturated heterocycles. The van der Waals surface area contributed by atoms with Crippen LogP contribution in [-0.4, -0.2) is 44.5 Å². The second-order valence-corrected chi connectivity index (χ2v) is 14.4. The number of ether oxygens (including phenoxy) is 1. The van der Waals surface area contributed by atoms with Gasteiger partial charge in [0.05, 0.1) is 12.2 Å². The van der Waals surface area contributed by atoms with E-state index in [0.29, 0.717) is 17.0 Å². The Labute approximate surface area is 221 Å². The van der Waals surface area contributed by atoms with Crippen LogP contribution in [0.1, 0.15) is 55.3 Å². The minimum Gasteiger partial charge on any atom is -0.459 e. The van der Waals surface area contributed by atoms with E-state index >= 15 is 0 Å². The highest BCUT2D eigenvalue weighted by Crippen LogP contribution is 2.22. The molecule has 0 bridgehead atoms. The van der Waals surface area contributed by atoms with E-state index in [4.69, 9.17) is 9.16 Å². The van der Waals surface area contributed by atoms with Crippen molar-refractivity contribution in [1.82, 2.24) is 0 Å². The molecular weight excluding hydrogens is 480 g/mol. The first-order chi connectivity index (χ1) is 17.5. The molecule has 0 aliphatic rings. The van der Waals surface area contributed by atoms with Gasteiger partial charge in [-0.1, -0.05) is 107 Å². The highest BCUT2D eigenvalue weighted by molar-refractivity contribution is 6.97. The Balaban J connectivity index is 1.69. The molecule has 0 heterocycles. The van der Waals surface area contributed by atoms with E-state index in [1.165, 1.54) is 0 Å². The Morgan fingerprint density at radius 3 is 1.73 bits per heavy atom. The van der Waals surface area contributed by atoms with Gasteiger partial charge in [0.1, 0.15) is 12.7 Å². The fourth-order valence-electron chi connectivity index (χ4n) is 4.35. The maximum atomic E-state index is 12.6.